The van der Waals surface area contributed by atoms with Crippen molar-refractivity contribution < 1.29 is 4.79 Å². The molecule has 1 rings (SSSR count). The van der Waals surface area contributed by atoms with Crippen LogP contribution in [0.5, 0.6) is 0 Å². The molecule has 21 heavy (non-hydrogen) atoms. The van der Waals surface area contributed by atoms with E-state index in [1.54, 1.807) is 11.3 Å². The molecule has 1 heterocycles. The van der Waals surface area contributed by atoms with Gasteiger partial charge in [-0.05, 0) is 32.4 Å². The number of guanidine groups is 1. The van der Waals surface area contributed by atoms with Crippen LogP contribution in [0.1, 0.15) is 36.4 Å². The van der Waals surface area contributed by atoms with Crippen LogP contribution >= 0.6 is 11.3 Å². The van der Waals surface area contributed by atoms with Crippen molar-refractivity contribution in [3.8, 4) is 0 Å². The van der Waals surface area contributed by atoms with Crippen LogP contribution in [0.2, 0.25) is 0 Å². The molecule has 0 unspecified atom stereocenters. The average Bonchev–Trinajstić information content (AvgIpc) is 2.88. The van der Waals surface area contributed by atoms with Gasteiger partial charge in [-0.15, -0.1) is 11.3 Å². The van der Waals surface area contributed by atoms with Crippen molar-refractivity contribution in [3.05, 3.63) is 21.9 Å². The van der Waals surface area contributed by atoms with Gasteiger partial charge in [0, 0.05) is 35.8 Å². The molecular weight excluding hydrogens is 284 g/mol. The van der Waals surface area contributed by atoms with E-state index in [0.717, 1.165) is 25.5 Å². The predicted molar refractivity (Wildman–Crippen MR) is 89.8 cm³/mol. The van der Waals surface area contributed by atoms with Gasteiger partial charge in [0.1, 0.15) is 0 Å². The van der Waals surface area contributed by atoms with Gasteiger partial charge in [-0.2, -0.15) is 0 Å². The van der Waals surface area contributed by atoms with E-state index in [0.29, 0.717) is 19.5 Å². The summed E-state index contributed by atoms with van der Waals surface area (Å²) in [6, 6.07) is 4.21. The number of carbonyl (C=O) groups excluding carboxylic acids is 1. The standard InChI is InChI=1S/C15H26N4OS/c1-4-9-17-14(20)8-10-18-15(16-5-2)19-11-13-7-6-12(3)21-13/h6-7H,4-5,8-11H2,1-3H3,(H,17,20)(H2,16,18,19). The summed E-state index contributed by atoms with van der Waals surface area (Å²) in [6.45, 7) is 8.96. The fourth-order valence-corrected chi connectivity index (χ4v) is 2.53. The van der Waals surface area contributed by atoms with E-state index in [-0.39, 0.29) is 5.91 Å². The van der Waals surface area contributed by atoms with Gasteiger partial charge in [-0.25, -0.2) is 4.99 Å². The van der Waals surface area contributed by atoms with E-state index in [1.807, 2.05) is 13.8 Å². The molecule has 0 aliphatic heterocycles. The van der Waals surface area contributed by atoms with Crippen molar-refractivity contribution in [1.29, 1.82) is 0 Å². The lowest BCUT2D eigenvalue weighted by molar-refractivity contribution is -0.120. The molecule has 0 aromatic carbocycles. The molecule has 0 bridgehead atoms. The average molecular weight is 310 g/mol. The zero-order chi connectivity index (χ0) is 15.5. The van der Waals surface area contributed by atoms with Gasteiger partial charge in [-0.1, -0.05) is 6.92 Å². The lowest BCUT2D eigenvalue weighted by atomic mass is 10.4. The van der Waals surface area contributed by atoms with Crippen LogP contribution < -0.4 is 16.0 Å². The first kappa shape index (κ1) is 17.5. The number of aliphatic imine (C=N–C) groups is 1. The quantitative estimate of drug-likeness (QED) is 0.508. The topological polar surface area (TPSA) is 65.5 Å². The minimum Gasteiger partial charge on any atom is -0.357 e. The number of amides is 1. The van der Waals surface area contributed by atoms with Gasteiger partial charge in [0.05, 0.1) is 6.54 Å². The molecule has 1 aromatic rings. The number of carbonyl (C=O) groups is 1. The monoisotopic (exact) mass is 310 g/mol. The molecular formula is C15H26N4OS. The molecule has 118 valence electrons. The summed E-state index contributed by atoms with van der Waals surface area (Å²) in [7, 11) is 0. The fraction of sp³-hybridized carbons (Fsp3) is 0.600. The maximum Gasteiger partial charge on any atom is 0.221 e. The lowest BCUT2D eigenvalue weighted by Crippen LogP contribution is -2.39. The van der Waals surface area contributed by atoms with Crippen LogP contribution in [-0.4, -0.2) is 31.5 Å². The first-order valence-electron chi connectivity index (χ1n) is 7.49. The molecule has 0 spiro atoms. The Labute approximate surface area is 131 Å². The Morgan fingerprint density at radius 2 is 2.00 bits per heavy atom. The second kappa shape index (κ2) is 10.2. The minimum atomic E-state index is 0.0779. The van der Waals surface area contributed by atoms with E-state index in [4.69, 9.17) is 0 Å². The van der Waals surface area contributed by atoms with Crippen molar-refractivity contribution in [1.82, 2.24) is 16.0 Å². The summed E-state index contributed by atoms with van der Waals surface area (Å²) in [5, 5.41) is 9.24. The minimum absolute atomic E-state index is 0.0779. The highest BCUT2D eigenvalue weighted by molar-refractivity contribution is 7.11. The molecule has 0 atom stereocenters. The SMILES string of the molecule is CCCNC(=O)CCNC(=NCc1ccc(C)s1)NCC. The highest BCUT2D eigenvalue weighted by Gasteiger charge is 2.02. The number of aryl methyl sites for hydroxylation is 1. The van der Waals surface area contributed by atoms with E-state index in [2.05, 4.69) is 40.0 Å². The number of nitrogens with one attached hydrogen (secondary N) is 3. The summed E-state index contributed by atoms with van der Waals surface area (Å²) < 4.78 is 0. The second-order valence-electron chi connectivity index (χ2n) is 4.73. The number of rotatable bonds is 8. The molecule has 0 fully saturated rings. The van der Waals surface area contributed by atoms with Crippen LogP contribution in [0.4, 0.5) is 0 Å². The molecule has 3 N–H and O–H groups in total. The van der Waals surface area contributed by atoms with Crippen molar-refractivity contribution in [2.24, 2.45) is 4.99 Å². The van der Waals surface area contributed by atoms with Crippen LogP contribution in [0.15, 0.2) is 17.1 Å². The van der Waals surface area contributed by atoms with E-state index in [9.17, 15) is 4.79 Å². The first-order valence-corrected chi connectivity index (χ1v) is 8.31. The first-order chi connectivity index (χ1) is 10.2. The Morgan fingerprint density at radius 1 is 1.19 bits per heavy atom. The predicted octanol–water partition coefficient (Wildman–Crippen LogP) is 2.03. The van der Waals surface area contributed by atoms with Crippen LogP contribution in [-0.2, 0) is 11.3 Å². The van der Waals surface area contributed by atoms with Gasteiger partial charge < -0.3 is 16.0 Å². The molecule has 0 radical (unpaired) electrons. The number of nitrogens with zero attached hydrogens (tertiary/aromatic N) is 1. The lowest BCUT2D eigenvalue weighted by Gasteiger charge is -2.11. The van der Waals surface area contributed by atoms with Gasteiger partial charge >= 0.3 is 0 Å². The third kappa shape index (κ3) is 7.70. The van der Waals surface area contributed by atoms with E-state index >= 15 is 0 Å². The van der Waals surface area contributed by atoms with Gasteiger partial charge in [-0.3, -0.25) is 4.79 Å². The van der Waals surface area contributed by atoms with Crippen molar-refractivity contribution in [2.45, 2.75) is 40.2 Å². The van der Waals surface area contributed by atoms with Crippen molar-refractivity contribution in [2.75, 3.05) is 19.6 Å². The zero-order valence-corrected chi connectivity index (χ0v) is 14.0. The maximum absolute atomic E-state index is 11.5. The Kier molecular flexibility index (Phi) is 8.50. The van der Waals surface area contributed by atoms with E-state index < -0.39 is 0 Å². The highest BCUT2D eigenvalue weighted by Crippen LogP contribution is 2.15. The molecule has 0 aliphatic rings. The van der Waals surface area contributed by atoms with Crippen molar-refractivity contribution >= 4 is 23.2 Å². The Bertz CT molecular complexity index is 456. The molecule has 1 aromatic heterocycles. The second-order valence-corrected chi connectivity index (χ2v) is 6.11. The van der Waals surface area contributed by atoms with Gasteiger partial charge in [0.2, 0.25) is 5.91 Å². The largest absolute Gasteiger partial charge is 0.357 e. The smallest absolute Gasteiger partial charge is 0.221 e. The van der Waals surface area contributed by atoms with Crippen LogP contribution in [0.3, 0.4) is 0 Å². The normalized spacial score (nSPS) is 11.3. The number of thiophene rings is 1. The van der Waals surface area contributed by atoms with Crippen molar-refractivity contribution in [3.63, 3.8) is 0 Å². The summed E-state index contributed by atoms with van der Waals surface area (Å²) in [5.74, 6) is 0.834. The third-order valence-electron chi connectivity index (χ3n) is 2.75. The van der Waals surface area contributed by atoms with Gasteiger partial charge in [0.15, 0.2) is 5.96 Å². The number of hydrogen-bond donors (Lipinski definition) is 3. The van der Waals surface area contributed by atoms with Crippen LogP contribution in [0, 0.1) is 6.92 Å². The van der Waals surface area contributed by atoms with E-state index in [1.165, 1.54) is 9.75 Å². The molecule has 0 saturated carbocycles. The van der Waals surface area contributed by atoms with Gasteiger partial charge in [0.25, 0.3) is 0 Å². The molecule has 1 amide bonds. The summed E-state index contributed by atoms with van der Waals surface area (Å²) in [4.78, 5) is 18.6. The third-order valence-corrected chi connectivity index (χ3v) is 3.74. The fourth-order valence-electron chi connectivity index (χ4n) is 1.72. The Hall–Kier alpha value is -1.56. The molecule has 6 heteroatoms. The number of hydrogen-bond acceptors (Lipinski definition) is 3. The zero-order valence-electron chi connectivity index (χ0n) is 13.2. The summed E-state index contributed by atoms with van der Waals surface area (Å²) >= 11 is 1.76. The maximum atomic E-state index is 11.5. The molecule has 0 aliphatic carbocycles. The Morgan fingerprint density at radius 3 is 2.62 bits per heavy atom. The summed E-state index contributed by atoms with van der Waals surface area (Å²) in [6.07, 6.45) is 1.42. The summed E-state index contributed by atoms with van der Waals surface area (Å²) in [5.41, 5.74) is 0. The highest BCUT2D eigenvalue weighted by atomic mass is 32.1. The molecule has 5 nitrogen and oxygen atoms in total. The van der Waals surface area contributed by atoms with Crippen LogP contribution in [0.25, 0.3) is 0 Å². The molecule has 0 saturated heterocycles. The Balaban J connectivity index is 2.36.